The van der Waals surface area contributed by atoms with Crippen LogP contribution >= 0.6 is 0 Å². The summed E-state index contributed by atoms with van der Waals surface area (Å²) in [5.74, 6) is 0. The molecule has 0 radical (unpaired) electrons. The van der Waals surface area contributed by atoms with Crippen molar-refractivity contribution in [3.63, 3.8) is 0 Å². The van der Waals surface area contributed by atoms with Crippen molar-refractivity contribution < 1.29 is 21.6 Å². The minimum absolute atomic E-state index is 0.170. The first-order valence-electron chi connectivity index (χ1n) is 3.68. The molecule has 3 N–H and O–H groups in total. The molecule has 9 heteroatoms. The minimum Gasteiger partial charge on any atom is -0.329 e. The van der Waals surface area contributed by atoms with Gasteiger partial charge >= 0.3 is 6.18 Å². The van der Waals surface area contributed by atoms with Gasteiger partial charge in [0.15, 0.2) is 0 Å². The van der Waals surface area contributed by atoms with Crippen LogP contribution in [0.15, 0.2) is 0 Å². The topological polar surface area (TPSA) is 75.4 Å². The fraction of sp³-hybridized carbons (Fsp3) is 1.00. The van der Waals surface area contributed by atoms with Gasteiger partial charge in [-0.1, -0.05) is 0 Å². The Morgan fingerprint density at radius 3 is 2.21 bits per heavy atom. The van der Waals surface area contributed by atoms with Crippen molar-refractivity contribution in [2.75, 3.05) is 26.7 Å². The van der Waals surface area contributed by atoms with Gasteiger partial charge in [0.1, 0.15) is 6.54 Å². The molecule has 0 aliphatic carbocycles. The van der Waals surface area contributed by atoms with Gasteiger partial charge in [-0.15, -0.1) is 0 Å². The SMILES string of the molecule is CNS(=O)(=O)N(CCN)CC(F)(F)F. The Kier molecular flexibility index (Phi) is 4.78. The maximum Gasteiger partial charge on any atom is 0.402 e. The molecule has 0 fully saturated rings. The first kappa shape index (κ1) is 13.6. The Bertz CT molecular complexity index is 264. The highest BCUT2D eigenvalue weighted by atomic mass is 32.2. The number of nitrogens with one attached hydrogen (secondary N) is 1. The Hall–Kier alpha value is -0.380. The molecule has 0 aliphatic heterocycles. The van der Waals surface area contributed by atoms with Crippen LogP contribution in [0.5, 0.6) is 0 Å². The monoisotopic (exact) mass is 235 g/mol. The second kappa shape index (κ2) is 4.91. The minimum atomic E-state index is -4.57. The zero-order valence-electron chi connectivity index (χ0n) is 7.50. The summed E-state index contributed by atoms with van der Waals surface area (Å²) >= 11 is 0. The van der Waals surface area contributed by atoms with Crippen molar-refractivity contribution in [2.24, 2.45) is 5.73 Å². The van der Waals surface area contributed by atoms with E-state index in [2.05, 4.69) is 0 Å². The van der Waals surface area contributed by atoms with Crippen molar-refractivity contribution in [3.05, 3.63) is 0 Å². The molecule has 0 aliphatic rings. The average Bonchev–Trinajstić information content (AvgIpc) is 2.01. The van der Waals surface area contributed by atoms with Crippen molar-refractivity contribution in [1.82, 2.24) is 9.03 Å². The summed E-state index contributed by atoms with van der Waals surface area (Å²) in [5, 5.41) is 0. The van der Waals surface area contributed by atoms with Crippen LogP contribution in [0.3, 0.4) is 0 Å². The van der Waals surface area contributed by atoms with E-state index in [0.717, 1.165) is 7.05 Å². The average molecular weight is 235 g/mol. The van der Waals surface area contributed by atoms with E-state index in [1.165, 1.54) is 0 Å². The Labute approximate surface area is 80.2 Å². The van der Waals surface area contributed by atoms with Gasteiger partial charge in [0.2, 0.25) is 0 Å². The predicted octanol–water partition coefficient (Wildman–Crippen LogP) is -0.726. The van der Waals surface area contributed by atoms with E-state index in [1.807, 2.05) is 0 Å². The maximum atomic E-state index is 11.9. The molecule has 14 heavy (non-hydrogen) atoms. The smallest absolute Gasteiger partial charge is 0.329 e. The van der Waals surface area contributed by atoms with Crippen LogP contribution in [0.1, 0.15) is 0 Å². The van der Waals surface area contributed by atoms with E-state index >= 15 is 0 Å². The molecule has 0 unspecified atom stereocenters. The quantitative estimate of drug-likeness (QED) is 0.660. The van der Waals surface area contributed by atoms with Crippen molar-refractivity contribution in [3.8, 4) is 0 Å². The van der Waals surface area contributed by atoms with E-state index in [4.69, 9.17) is 5.73 Å². The molecule has 0 aromatic heterocycles. The zero-order chi connectivity index (χ0) is 11.4. The first-order chi connectivity index (χ1) is 6.23. The number of hydrogen-bond donors (Lipinski definition) is 2. The second-order valence-electron chi connectivity index (χ2n) is 2.45. The molecule has 0 aromatic rings. The molecule has 0 aromatic carbocycles. The summed E-state index contributed by atoms with van der Waals surface area (Å²) < 4.78 is 59.9. The third kappa shape index (κ3) is 4.74. The van der Waals surface area contributed by atoms with Gasteiger partial charge in [0.05, 0.1) is 0 Å². The van der Waals surface area contributed by atoms with Crippen LogP contribution in [0.2, 0.25) is 0 Å². The predicted molar refractivity (Wildman–Crippen MR) is 44.7 cm³/mol. The van der Waals surface area contributed by atoms with E-state index in [-0.39, 0.29) is 17.4 Å². The van der Waals surface area contributed by atoms with Crippen molar-refractivity contribution in [2.45, 2.75) is 6.18 Å². The van der Waals surface area contributed by atoms with Gasteiger partial charge in [-0.3, -0.25) is 0 Å². The molecule has 0 saturated heterocycles. The third-order valence-corrected chi connectivity index (χ3v) is 2.84. The van der Waals surface area contributed by atoms with Gasteiger partial charge in [0.25, 0.3) is 10.2 Å². The fourth-order valence-electron chi connectivity index (χ4n) is 0.757. The van der Waals surface area contributed by atoms with Crippen LogP contribution in [0.25, 0.3) is 0 Å². The molecule has 0 bridgehead atoms. The first-order valence-corrected chi connectivity index (χ1v) is 5.12. The number of halogens is 3. The maximum absolute atomic E-state index is 11.9. The molecule has 0 rings (SSSR count). The van der Waals surface area contributed by atoms with Crippen molar-refractivity contribution >= 4 is 10.2 Å². The summed E-state index contributed by atoms with van der Waals surface area (Å²) in [7, 11) is -3.04. The standard InChI is InChI=1S/C5H12F3N3O2S/c1-10-14(12,13)11(3-2-9)4-5(6,7)8/h10H,2-4,9H2,1H3. The van der Waals surface area contributed by atoms with Gasteiger partial charge in [-0.05, 0) is 0 Å². The molecule has 5 nitrogen and oxygen atoms in total. The summed E-state index contributed by atoms with van der Waals surface area (Å²) in [6.45, 7) is -2.08. The Morgan fingerprint density at radius 1 is 1.43 bits per heavy atom. The zero-order valence-corrected chi connectivity index (χ0v) is 8.32. The Balaban J connectivity index is 4.62. The lowest BCUT2D eigenvalue weighted by Crippen LogP contribution is -2.46. The molecule has 0 spiro atoms. The highest BCUT2D eigenvalue weighted by Gasteiger charge is 2.35. The highest BCUT2D eigenvalue weighted by Crippen LogP contribution is 2.17. The van der Waals surface area contributed by atoms with Crippen LogP contribution in [-0.2, 0) is 10.2 Å². The van der Waals surface area contributed by atoms with E-state index in [0.29, 0.717) is 0 Å². The summed E-state index contributed by atoms with van der Waals surface area (Å²) in [6.07, 6.45) is -4.57. The molecule has 0 heterocycles. The molecule has 0 amide bonds. The summed E-state index contributed by atoms with van der Waals surface area (Å²) in [4.78, 5) is 0. The fourth-order valence-corrected chi connectivity index (χ4v) is 1.68. The molecule has 0 saturated carbocycles. The molecule has 86 valence electrons. The summed E-state index contributed by atoms with van der Waals surface area (Å²) in [6, 6.07) is 0. The number of nitrogens with zero attached hydrogens (tertiary/aromatic N) is 1. The number of hydrogen-bond acceptors (Lipinski definition) is 3. The van der Waals surface area contributed by atoms with Crippen molar-refractivity contribution in [1.29, 1.82) is 0 Å². The number of alkyl halides is 3. The lowest BCUT2D eigenvalue weighted by molar-refractivity contribution is -0.136. The summed E-state index contributed by atoms with van der Waals surface area (Å²) in [5.41, 5.74) is 5.00. The largest absolute Gasteiger partial charge is 0.402 e. The van der Waals surface area contributed by atoms with Crippen LogP contribution in [0, 0.1) is 0 Å². The number of nitrogens with two attached hydrogens (primary N) is 1. The molecular formula is C5H12F3N3O2S. The normalized spacial score (nSPS) is 13.6. The number of rotatable bonds is 5. The van der Waals surface area contributed by atoms with Gasteiger partial charge < -0.3 is 5.73 Å². The van der Waals surface area contributed by atoms with Crippen LogP contribution in [0.4, 0.5) is 13.2 Å². The third-order valence-electron chi connectivity index (χ3n) is 1.33. The van der Waals surface area contributed by atoms with Crippen LogP contribution < -0.4 is 10.5 Å². The lowest BCUT2D eigenvalue weighted by atomic mass is 10.5. The van der Waals surface area contributed by atoms with E-state index in [1.54, 1.807) is 4.72 Å². The highest BCUT2D eigenvalue weighted by molar-refractivity contribution is 7.87. The van der Waals surface area contributed by atoms with E-state index in [9.17, 15) is 21.6 Å². The molecule has 0 atom stereocenters. The lowest BCUT2D eigenvalue weighted by Gasteiger charge is -2.21. The van der Waals surface area contributed by atoms with Gasteiger partial charge in [-0.2, -0.15) is 25.9 Å². The Morgan fingerprint density at radius 2 is 1.93 bits per heavy atom. The van der Waals surface area contributed by atoms with Gasteiger partial charge in [-0.25, -0.2) is 4.72 Å². The van der Waals surface area contributed by atoms with E-state index < -0.39 is 22.9 Å². The van der Waals surface area contributed by atoms with Crippen LogP contribution in [-0.4, -0.2) is 45.6 Å². The molecular weight excluding hydrogens is 223 g/mol. The van der Waals surface area contributed by atoms with Gasteiger partial charge in [0, 0.05) is 20.1 Å². The second-order valence-corrected chi connectivity index (χ2v) is 4.32.